The number of ether oxygens (including phenoxy) is 1. The Bertz CT molecular complexity index is 924. The number of aryl methyl sites for hydroxylation is 2. The van der Waals surface area contributed by atoms with E-state index in [4.69, 9.17) is 4.74 Å². The van der Waals surface area contributed by atoms with Gasteiger partial charge in [0.15, 0.2) is 0 Å². The minimum absolute atomic E-state index is 0.248. The summed E-state index contributed by atoms with van der Waals surface area (Å²) in [5.41, 5.74) is 0.911. The number of carbonyl (C=O) groups excluding carboxylic acids is 1. The Balaban J connectivity index is 2.18. The molecule has 0 heterocycles. The van der Waals surface area contributed by atoms with E-state index in [2.05, 4.69) is 4.99 Å². The molecule has 0 aromatic heterocycles. The molecule has 0 saturated heterocycles. The third kappa shape index (κ3) is 5.79. The largest absolute Gasteiger partial charge is 0.457 e. The Morgan fingerprint density at radius 2 is 1.86 bits per heavy atom. The van der Waals surface area contributed by atoms with Gasteiger partial charge in [0.1, 0.15) is 12.4 Å². The van der Waals surface area contributed by atoms with Gasteiger partial charge in [-0.2, -0.15) is 13.2 Å². The van der Waals surface area contributed by atoms with Crippen LogP contribution in [0.2, 0.25) is 0 Å². The van der Waals surface area contributed by atoms with Crippen molar-refractivity contribution in [1.29, 1.82) is 0 Å². The highest BCUT2D eigenvalue weighted by Crippen LogP contribution is 2.30. The predicted octanol–water partition coefficient (Wildman–Crippen LogP) is 5.43. The first kappa shape index (κ1) is 22.4. The maximum absolute atomic E-state index is 13.8. The van der Waals surface area contributed by atoms with Crippen LogP contribution in [0.1, 0.15) is 39.5 Å². The van der Waals surface area contributed by atoms with E-state index in [1.54, 1.807) is 32.3 Å². The van der Waals surface area contributed by atoms with Gasteiger partial charge < -0.3 is 9.64 Å². The summed E-state index contributed by atoms with van der Waals surface area (Å²) in [6.07, 6.45) is -2.93. The van der Waals surface area contributed by atoms with Crippen LogP contribution in [-0.4, -0.2) is 30.8 Å². The molecule has 0 amide bonds. The maximum Gasteiger partial charge on any atom is 0.416 e. The maximum atomic E-state index is 13.8. The first-order chi connectivity index (χ1) is 13.5. The molecule has 0 unspecified atom stereocenters. The highest BCUT2D eigenvalue weighted by atomic mass is 19.4. The van der Waals surface area contributed by atoms with Crippen LogP contribution >= 0.6 is 0 Å². The number of alkyl halides is 3. The molecule has 0 fully saturated rings. The van der Waals surface area contributed by atoms with Gasteiger partial charge in [0.05, 0.1) is 23.2 Å². The number of hydrogen-bond donors (Lipinski definition) is 0. The minimum atomic E-state index is -4.61. The second-order valence-electron chi connectivity index (χ2n) is 6.65. The Morgan fingerprint density at radius 1 is 1.17 bits per heavy atom. The molecule has 2 aromatic rings. The van der Waals surface area contributed by atoms with Crippen LogP contribution in [-0.2, 0) is 17.5 Å². The molecule has 4 nitrogen and oxygen atoms in total. The number of benzene rings is 2. The van der Waals surface area contributed by atoms with Gasteiger partial charge in [0, 0.05) is 19.2 Å². The monoisotopic (exact) mass is 410 g/mol. The summed E-state index contributed by atoms with van der Waals surface area (Å²) < 4.78 is 57.2. The van der Waals surface area contributed by atoms with Crippen molar-refractivity contribution in [2.75, 3.05) is 13.6 Å². The molecule has 0 N–H and O–H groups in total. The fourth-order valence-electron chi connectivity index (χ4n) is 2.49. The summed E-state index contributed by atoms with van der Waals surface area (Å²) in [6.45, 7) is 5.65. The number of halogens is 4. The highest BCUT2D eigenvalue weighted by Gasteiger charge is 2.31. The zero-order chi connectivity index (χ0) is 21.8. The normalized spacial score (nSPS) is 11.7. The third-order valence-corrected chi connectivity index (χ3v) is 4.39. The van der Waals surface area contributed by atoms with Gasteiger partial charge in [0.25, 0.3) is 0 Å². The van der Waals surface area contributed by atoms with Crippen LogP contribution in [0.5, 0.6) is 0 Å². The van der Waals surface area contributed by atoms with Crippen LogP contribution in [0.15, 0.2) is 35.3 Å². The average molecular weight is 410 g/mol. The number of rotatable bonds is 6. The number of carbonyl (C=O) groups is 1. The first-order valence-corrected chi connectivity index (χ1v) is 8.91. The molecule has 8 heteroatoms. The van der Waals surface area contributed by atoms with E-state index in [-0.39, 0.29) is 11.1 Å². The molecule has 0 aliphatic carbocycles. The van der Waals surface area contributed by atoms with Crippen molar-refractivity contribution in [3.8, 4) is 0 Å². The van der Waals surface area contributed by atoms with E-state index >= 15 is 0 Å². The van der Waals surface area contributed by atoms with Crippen molar-refractivity contribution in [2.45, 2.75) is 33.6 Å². The van der Waals surface area contributed by atoms with E-state index in [0.717, 1.165) is 12.1 Å². The summed E-state index contributed by atoms with van der Waals surface area (Å²) in [4.78, 5) is 18.7. The predicted molar refractivity (Wildman–Crippen MR) is 103 cm³/mol. The standard InChI is InChI=1S/C21H22F4N2O2/c1-5-27(4)12-26-19-9-13(2)17(8-14(19)3)20(28)29-11-15-10-16(21(23,24)25)6-7-18(15)22/h6-10,12H,5,11H2,1-4H3. The van der Waals surface area contributed by atoms with Crippen LogP contribution in [0.4, 0.5) is 23.2 Å². The molecule has 0 aliphatic rings. The molecule has 0 spiro atoms. The Labute approximate surface area is 166 Å². The summed E-state index contributed by atoms with van der Waals surface area (Å²) in [6, 6.07) is 5.31. The van der Waals surface area contributed by atoms with Gasteiger partial charge >= 0.3 is 12.1 Å². The summed E-state index contributed by atoms with van der Waals surface area (Å²) in [5, 5.41) is 0. The lowest BCUT2D eigenvalue weighted by atomic mass is 10.0. The van der Waals surface area contributed by atoms with Gasteiger partial charge in [0.2, 0.25) is 0 Å². The molecular formula is C21H22F4N2O2. The van der Waals surface area contributed by atoms with E-state index in [0.29, 0.717) is 29.4 Å². The van der Waals surface area contributed by atoms with Gasteiger partial charge in [-0.05, 0) is 62.2 Å². The van der Waals surface area contributed by atoms with Crippen molar-refractivity contribution in [3.63, 3.8) is 0 Å². The molecule has 2 rings (SSSR count). The number of hydrogen-bond acceptors (Lipinski definition) is 3. The van der Waals surface area contributed by atoms with E-state index in [9.17, 15) is 22.4 Å². The topological polar surface area (TPSA) is 41.9 Å². The quantitative estimate of drug-likeness (QED) is 0.276. The molecule has 2 aromatic carbocycles. The highest BCUT2D eigenvalue weighted by molar-refractivity contribution is 5.92. The molecule has 156 valence electrons. The Kier molecular flexibility index (Phi) is 7.00. The minimum Gasteiger partial charge on any atom is -0.457 e. The van der Waals surface area contributed by atoms with Crippen molar-refractivity contribution in [1.82, 2.24) is 4.90 Å². The van der Waals surface area contributed by atoms with Crippen molar-refractivity contribution >= 4 is 18.0 Å². The van der Waals surface area contributed by atoms with Crippen LogP contribution in [0.25, 0.3) is 0 Å². The number of esters is 1. The number of nitrogens with zero attached hydrogens (tertiary/aromatic N) is 2. The molecular weight excluding hydrogens is 388 g/mol. The summed E-state index contributed by atoms with van der Waals surface area (Å²) in [5.74, 6) is -1.62. The van der Waals surface area contributed by atoms with E-state index in [1.807, 2.05) is 18.9 Å². The van der Waals surface area contributed by atoms with Crippen LogP contribution in [0, 0.1) is 19.7 Å². The molecule has 0 bridgehead atoms. The van der Waals surface area contributed by atoms with Gasteiger partial charge in [-0.25, -0.2) is 14.2 Å². The Morgan fingerprint density at radius 3 is 2.48 bits per heavy atom. The summed E-state index contributed by atoms with van der Waals surface area (Å²) >= 11 is 0. The number of aliphatic imine (C=N–C) groups is 1. The van der Waals surface area contributed by atoms with Crippen molar-refractivity contribution in [2.24, 2.45) is 4.99 Å². The fraction of sp³-hybridized carbons (Fsp3) is 0.333. The van der Waals surface area contributed by atoms with Gasteiger partial charge in [-0.1, -0.05) is 0 Å². The SMILES string of the molecule is CCN(C)C=Nc1cc(C)c(C(=O)OCc2cc(C(F)(F)F)ccc2F)cc1C. The van der Waals surface area contributed by atoms with Crippen molar-refractivity contribution < 1.29 is 27.1 Å². The Hall–Kier alpha value is -2.90. The second-order valence-corrected chi connectivity index (χ2v) is 6.65. The zero-order valence-corrected chi connectivity index (χ0v) is 16.6. The molecule has 29 heavy (non-hydrogen) atoms. The first-order valence-electron chi connectivity index (χ1n) is 8.91. The van der Waals surface area contributed by atoms with Gasteiger partial charge in [-0.15, -0.1) is 0 Å². The van der Waals surface area contributed by atoms with E-state index < -0.39 is 30.1 Å². The average Bonchev–Trinajstić information content (AvgIpc) is 2.66. The fourth-order valence-corrected chi connectivity index (χ4v) is 2.49. The van der Waals surface area contributed by atoms with Crippen LogP contribution in [0.3, 0.4) is 0 Å². The lowest BCUT2D eigenvalue weighted by molar-refractivity contribution is -0.137. The smallest absolute Gasteiger partial charge is 0.416 e. The molecule has 0 atom stereocenters. The second kappa shape index (κ2) is 9.07. The third-order valence-electron chi connectivity index (χ3n) is 4.39. The van der Waals surface area contributed by atoms with Crippen molar-refractivity contribution in [3.05, 3.63) is 64.0 Å². The molecule has 0 saturated carbocycles. The molecule has 0 radical (unpaired) electrons. The summed E-state index contributed by atoms with van der Waals surface area (Å²) in [7, 11) is 1.88. The van der Waals surface area contributed by atoms with Gasteiger partial charge in [-0.3, -0.25) is 0 Å². The lowest BCUT2D eigenvalue weighted by Crippen LogP contribution is -2.14. The zero-order valence-electron chi connectivity index (χ0n) is 16.6. The molecule has 0 aliphatic heterocycles. The lowest BCUT2D eigenvalue weighted by Gasteiger charge is -2.13. The van der Waals surface area contributed by atoms with E-state index in [1.165, 1.54) is 0 Å². The van der Waals surface area contributed by atoms with Crippen LogP contribution < -0.4 is 0 Å².